The summed E-state index contributed by atoms with van der Waals surface area (Å²) in [6.45, 7) is 1.27. The largest absolute Gasteiger partial charge is 0.313 e. The molecule has 1 spiro atoms. The van der Waals surface area contributed by atoms with Crippen molar-refractivity contribution in [1.29, 1.82) is 0 Å². The third-order valence-electron chi connectivity index (χ3n) is 4.79. The van der Waals surface area contributed by atoms with Gasteiger partial charge in [0.2, 0.25) is 0 Å². The van der Waals surface area contributed by atoms with E-state index in [-0.39, 0.29) is 0 Å². The van der Waals surface area contributed by atoms with Crippen LogP contribution in [0.15, 0.2) is 0 Å². The fourth-order valence-corrected chi connectivity index (χ4v) is 5.45. The van der Waals surface area contributed by atoms with Crippen molar-refractivity contribution in [2.45, 2.75) is 62.7 Å². The first-order chi connectivity index (χ1) is 7.38. The molecule has 0 radical (unpaired) electrons. The van der Waals surface area contributed by atoms with Crippen LogP contribution in [0.1, 0.15) is 51.4 Å². The minimum Gasteiger partial charge on any atom is -0.313 e. The summed E-state index contributed by atoms with van der Waals surface area (Å²) in [6, 6.07) is 0.851. The predicted molar refractivity (Wildman–Crippen MR) is 67.4 cm³/mol. The maximum Gasteiger partial charge on any atom is 0.0206 e. The monoisotopic (exact) mass is 225 g/mol. The molecule has 0 aromatic heterocycles. The van der Waals surface area contributed by atoms with Gasteiger partial charge in [-0.3, -0.25) is 0 Å². The molecule has 0 amide bonds. The van der Waals surface area contributed by atoms with Gasteiger partial charge in [0, 0.05) is 11.3 Å². The zero-order valence-electron chi connectivity index (χ0n) is 9.63. The molecule has 86 valence electrons. The molecule has 3 rings (SSSR count). The van der Waals surface area contributed by atoms with Crippen LogP contribution in [0.2, 0.25) is 0 Å². The van der Waals surface area contributed by atoms with Crippen LogP contribution in [-0.4, -0.2) is 23.6 Å². The molecule has 0 aromatic rings. The Hall–Kier alpha value is 0.310. The second kappa shape index (κ2) is 4.29. The predicted octanol–water partition coefficient (Wildman–Crippen LogP) is 3.19. The third-order valence-corrected chi connectivity index (χ3v) is 6.24. The van der Waals surface area contributed by atoms with E-state index in [1.165, 1.54) is 63.7 Å². The zero-order valence-corrected chi connectivity index (χ0v) is 10.5. The van der Waals surface area contributed by atoms with Crippen molar-refractivity contribution in [3.05, 3.63) is 0 Å². The van der Waals surface area contributed by atoms with Crippen LogP contribution in [0.25, 0.3) is 0 Å². The van der Waals surface area contributed by atoms with Crippen molar-refractivity contribution in [3.63, 3.8) is 0 Å². The lowest BCUT2D eigenvalue weighted by Crippen LogP contribution is -2.44. The van der Waals surface area contributed by atoms with E-state index >= 15 is 0 Å². The number of fused-ring (bicyclic) bond motifs is 1. The highest BCUT2D eigenvalue weighted by Gasteiger charge is 2.42. The fourth-order valence-electron chi connectivity index (χ4n) is 3.90. The quantitative estimate of drug-likeness (QED) is 0.679. The highest BCUT2D eigenvalue weighted by Crippen LogP contribution is 2.51. The van der Waals surface area contributed by atoms with Crippen LogP contribution in [0.3, 0.4) is 0 Å². The van der Waals surface area contributed by atoms with Gasteiger partial charge in [-0.15, -0.1) is 0 Å². The molecule has 0 aromatic carbocycles. The minimum absolute atomic E-state index is 0.792. The van der Waals surface area contributed by atoms with Crippen molar-refractivity contribution in [2.24, 2.45) is 5.41 Å². The first-order valence-electron chi connectivity index (χ1n) is 6.73. The van der Waals surface area contributed by atoms with Crippen molar-refractivity contribution < 1.29 is 0 Å². The maximum absolute atomic E-state index is 3.77. The van der Waals surface area contributed by atoms with Gasteiger partial charge in [0.25, 0.3) is 0 Å². The highest BCUT2D eigenvalue weighted by atomic mass is 32.2. The Morgan fingerprint density at radius 2 is 1.93 bits per heavy atom. The summed E-state index contributed by atoms with van der Waals surface area (Å²) >= 11 is 2.27. The summed E-state index contributed by atoms with van der Waals surface area (Å²) < 4.78 is 0. The average Bonchev–Trinajstić information content (AvgIpc) is 2.57. The molecule has 0 bridgehead atoms. The molecular formula is C13H23NS. The lowest BCUT2D eigenvalue weighted by Gasteiger charge is -2.42. The molecule has 2 heteroatoms. The van der Waals surface area contributed by atoms with Gasteiger partial charge in [0.15, 0.2) is 0 Å². The van der Waals surface area contributed by atoms with Crippen LogP contribution in [-0.2, 0) is 0 Å². The molecule has 1 nitrogen and oxygen atoms in total. The van der Waals surface area contributed by atoms with Crippen molar-refractivity contribution in [3.8, 4) is 0 Å². The molecule has 2 unspecified atom stereocenters. The standard InChI is InChI=1S/C13H23NS/c1-2-6-13(5-1)7-4-11-12(10-13)15-9-3-8-14-11/h11-12,14H,1-10H2. The number of thioether (sulfide) groups is 1. The second-order valence-corrected chi connectivity index (χ2v) is 7.12. The van der Waals surface area contributed by atoms with Crippen LogP contribution in [0.4, 0.5) is 0 Å². The summed E-state index contributed by atoms with van der Waals surface area (Å²) in [5, 5.41) is 4.71. The van der Waals surface area contributed by atoms with Crippen LogP contribution in [0, 0.1) is 5.41 Å². The van der Waals surface area contributed by atoms with E-state index < -0.39 is 0 Å². The normalized spacial score (nSPS) is 40.0. The lowest BCUT2D eigenvalue weighted by atomic mass is 9.71. The number of nitrogens with one attached hydrogen (secondary N) is 1. The van der Waals surface area contributed by atoms with E-state index in [0.29, 0.717) is 0 Å². The van der Waals surface area contributed by atoms with Crippen LogP contribution in [0.5, 0.6) is 0 Å². The van der Waals surface area contributed by atoms with Gasteiger partial charge in [-0.2, -0.15) is 11.8 Å². The molecule has 1 N–H and O–H groups in total. The third kappa shape index (κ3) is 2.08. The number of hydrogen-bond acceptors (Lipinski definition) is 2. The van der Waals surface area contributed by atoms with Crippen LogP contribution >= 0.6 is 11.8 Å². The fraction of sp³-hybridized carbons (Fsp3) is 1.00. The number of hydrogen-bond donors (Lipinski definition) is 1. The summed E-state index contributed by atoms with van der Waals surface area (Å²) in [5.74, 6) is 1.39. The summed E-state index contributed by atoms with van der Waals surface area (Å²) in [7, 11) is 0. The van der Waals surface area contributed by atoms with Crippen molar-refractivity contribution in [1.82, 2.24) is 5.32 Å². The Bertz CT molecular complexity index is 223. The van der Waals surface area contributed by atoms with Gasteiger partial charge >= 0.3 is 0 Å². The van der Waals surface area contributed by atoms with E-state index in [9.17, 15) is 0 Å². The molecule has 15 heavy (non-hydrogen) atoms. The van der Waals surface area contributed by atoms with E-state index in [1.807, 2.05) is 0 Å². The summed E-state index contributed by atoms with van der Waals surface area (Å²) in [4.78, 5) is 0. The highest BCUT2D eigenvalue weighted by molar-refractivity contribution is 7.99. The first-order valence-corrected chi connectivity index (χ1v) is 7.78. The smallest absolute Gasteiger partial charge is 0.0206 e. The SMILES string of the molecule is C1CNC2CCC3(CCCC3)CC2SC1. The van der Waals surface area contributed by atoms with Gasteiger partial charge in [-0.1, -0.05) is 12.8 Å². The Labute approximate surface area is 97.8 Å². The second-order valence-electron chi connectivity index (χ2n) is 5.77. The van der Waals surface area contributed by atoms with Crippen molar-refractivity contribution >= 4 is 11.8 Å². The topological polar surface area (TPSA) is 12.0 Å². The molecule has 2 atom stereocenters. The average molecular weight is 225 g/mol. The number of rotatable bonds is 0. The molecule has 1 aliphatic heterocycles. The Morgan fingerprint density at radius 3 is 2.80 bits per heavy atom. The Kier molecular flexibility index (Phi) is 2.99. The minimum atomic E-state index is 0.792. The molecule has 3 fully saturated rings. The molecule has 3 aliphatic rings. The van der Waals surface area contributed by atoms with Gasteiger partial charge in [-0.25, -0.2) is 0 Å². The first kappa shape index (κ1) is 10.5. The molecule has 1 heterocycles. The van der Waals surface area contributed by atoms with E-state index in [1.54, 1.807) is 0 Å². The van der Waals surface area contributed by atoms with Gasteiger partial charge < -0.3 is 5.32 Å². The van der Waals surface area contributed by atoms with Gasteiger partial charge in [0.05, 0.1) is 0 Å². The van der Waals surface area contributed by atoms with E-state index in [4.69, 9.17) is 0 Å². The molecule has 1 saturated heterocycles. The molecule has 2 aliphatic carbocycles. The lowest BCUT2D eigenvalue weighted by molar-refractivity contribution is 0.176. The summed E-state index contributed by atoms with van der Waals surface area (Å²) in [5.41, 5.74) is 0.792. The Balaban J connectivity index is 1.69. The molecule has 2 saturated carbocycles. The zero-order chi connectivity index (χ0) is 10.1. The molecular weight excluding hydrogens is 202 g/mol. The van der Waals surface area contributed by atoms with Gasteiger partial charge in [-0.05, 0) is 56.2 Å². The van der Waals surface area contributed by atoms with E-state index in [0.717, 1.165) is 16.7 Å². The summed E-state index contributed by atoms with van der Waals surface area (Å²) in [6.07, 6.45) is 12.0. The van der Waals surface area contributed by atoms with Crippen molar-refractivity contribution in [2.75, 3.05) is 12.3 Å². The van der Waals surface area contributed by atoms with Gasteiger partial charge in [0.1, 0.15) is 0 Å². The Morgan fingerprint density at radius 1 is 1.07 bits per heavy atom. The van der Waals surface area contributed by atoms with E-state index in [2.05, 4.69) is 17.1 Å². The van der Waals surface area contributed by atoms with Crippen LogP contribution < -0.4 is 5.32 Å². The maximum atomic E-state index is 3.77.